The van der Waals surface area contributed by atoms with Crippen LogP contribution in [0.15, 0.2) is 72.9 Å². The van der Waals surface area contributed by atoms with E-state index in [2.05, 4.69) is 4.98 Å². The van der Waals surface area contributed by atoms with E-state index in [0.717, 1.165) is 5.56 Å². The van der Waals surface area contributed by atoms with Crippen molar-refractivity contribution in [1.82, 2.24) is 4.98 Å². The number of imide groups is 1. The summed E-state index contributed by atoms with van der Waals surface area (Å²) in [6, 6.07) is 18.9. The van der Waals surface area contributed by atoms with Crippen LogP contribution in [-0.2, 0) is 0 Å². The van der Waals surface area contributed by atoms with E-state index in [1.807, 2.05) is 30.3 Å². The maximum absolute atomic E-state index is 12.5. The molecule has 0 spiro atoms. The van der Waals surface area contributed by atoms with Crippen molar-refractivity contribution in [1.29, 1.82) is 0 Å². The summed E-state index contributed by atoms with van der Waals surface area (Å²) in [6.07, 6.45) is -1.32. The Kier molecular flexibility index (Phi) is 5.15. The minimum Gasteiger partial charge on any atom is -0.464 e. The quantitative estimate of drug-likeness (QED) is 0.696. The zero-order valence-corrected chi connectivity index (χ0v) is 14.1. The molecule has 2 aromatic carbocycles. The number of halogens is 1. The average Bonchev–Trinajstić information content (AvgIpc) is 2.63. The molecule has 0 atom stereocenters. The molecule has 26 heavy (non-hydrogen) atoms. The molecule has 130 valence electrons. The van der Waals surface area contributed by atoms with Gasteiger partial charge in [0.2, 0.25) is 0 Å². The van der Waals surface area contributed by atoms with Crippen LogP contribution in [0, 0.1) is 0 Å². The third-order valence-corrected chi connectivity index (χ3v) is 3.71. The fourth-order valence-electron chi connectivity index (χ4n) is 2.34. The van der Waals surface area contributed by atoms with E-state index < -0.39 is 12.2 Å². The number of carbonyl (C=O) groups excluding carboxylic acids is 1. The number of amides is 2. The smallest absolute Gasteiger partial charge is 0.430 e. The van der Waals surface area contributed by atoms with Crippen molar-refractivity contribution in [2.24, 2.45) is 0 Å². The Morgan fingerprint density at radius 2 is 1.69 bits per heavy atom. The molecular formula is C19H13ClN2O4. The van der Waals surface area contributed by atoms with Gasteiger partial charge >= 0.3 is 12.2 Å². The lowest BCUT2D eigenvalue weighted by atomic mass is 10.1. The lowest BCUT2D eigenvalue weighted by Crippen LogP contribution is -2.38. The first kappa shape index (κ1) is 17.4. The van der Waals surface area contributed by atoms with Crippen molar-refractivity contribution < 1.29 is 19.4 Å². The summed E-state index contributed by atoms with van der Waals surface area (Å²) >= 11 is 5.85. The maximum Gasteiger partial charge on any atom is 0.430 e. The summed E-state index contributed by atoms with van der Waals surface area (Å²) in [5.74, 6) is 0.0872. The van der Waals surface area contributed by atoms with Crippen molar-refractivity contribution in [3.05, 3.63) is 77.9 Å². The highest BCUT2D eigenvalue weighted by Crippen LogP contribution is 2.30. The maximum atomic E-state index is 12.5. The van der Waals surface area contributed by atoms with Crippen LogP contribution in [0.2, 0.25) is 5.02 Å². The van der Waals surface area contributed by atoms with E-state index in [9.17, 15) is 14.7 Å². The molecule has 0 bridgehead atoms. The van der Waals surface area contributed by atoms with Gasteiger partial charge in [0, 0.05) is 22.8 Å². The van der Waals surface area contributed by atoms with Gasteiger partial charge in [0.05, 0.1) is 0 Å². The van der Waals surface area contributed by atoms with Crippen LogP contribution in [0.5, 0.6) is 5.75 Å². The summed E-state index contributed by atoms with van der Waals surface area (Å²) in [4.78, 5) is 28.3. The molecule has 0 aliphatic heterocycles. The van der Waals surface area contributed by atoms with E-state index in [1.54, 1.807) is 24.3 Å². The SMILES string of the molecule is O=C(O)N(C(=O)Oc1ccccc1-c1ccccc1)c1cc(Cl)ccn1. The Morgan fingerprint density at radius 1 is 1.00 bits per heavy atom. The van der Waals surface area contributed by atoms with Crippen molar-refractivity contribution in [2.45, 2.75) is 0 Å². The number of carboxylic acid groups (broad SMARTS) is 1. The van der Waals surface area contributed by atoms with E-state index in [4.69, 9.17) is 16.3 Å². The van der Waals surface area contributed by atoms with Crippen molar-refractivity contribution in [3.8, 4) is 16.9 Å². The molecule has 0 unspecified atom stereocenters. The van der Waals surface area contributed by atoms with Crippen molar-refractivity contribution in [3.63, 3.8) is 0 Å². The number of aromatic nitrogens is 1. The Hall–Kier alpha value is -3.38. The summed E-state index contributed by atoms with van der Waals surface area (Å²) in [5.41, 5.74) is 1.49. The first-order chi connectivity index (χ1) is 12.6. The number of hydrogen-bond acceptors (Lipinski definition) is 4. The predicted octanol–water partition coefficient (Wildman–Crippen LogP) is 5.09. The number of rotatable bonds is 3. The molecule has 1 N–H and O–H groups in total. The molecule has 0 saturated carbocycles. The molecule has 0 saturated heterocycles. The van der Waals surface area contributed by atoms with Gasteiger partial charge < -0.3 is 9.84 Å². The molecule has 2 amide bonds. The largest absolute Gasteiger partial charge is 0.464 e. The van der Waals surface area contributed by atoms with E-state index in [1.165, 1.54) is 18.3 Å². The van der Waals surface area contributed by atoms with Crippen LogP contribution in [0.3, 0.4) is 0 Å². The van der Waals surface area contributed by atoms with E-state index in [-0.39, 0.29) is 16.6 Å². The standard InChI is InChI=1S/C19H13ClN2O4/c20-14-10-11-21-17(12-14)22(18(23)24)19(25)26-16-9-5-4-8-15(16)13-6-2-1-3-7-13/h1-12H,(H,23,24). The van der Waals surface area contributed by atoms with E-state index >= 15 is 0 Å². The number of para-hydroxylation sites is 1. The number of pyridine rings is 1. The van der Waals surface area contributed by atoms with Crippen molar-refractivity contribution in [2.75, 3.05) is 4.90 Å². The van der Waals surface area contributed by atoms with Gasteiger partial charge in [-0.3, -0.25) is 0 Å². The second-order valence-electron chi connectivity index (χ2n) is 5.18. The number of hydrogen-bond donors (Lipinski definition) is 1. The van der Waals surface area contributed by atoms with Gasteiger partial charge in [-0.1, -0.05) is 60.1 Å². The highest BCUT2D eigenvalue weighted by Gasteiger charge is 2.27. The topological polar surface area (TPSA) is 79.7 Å². The van der Waals surface area contributed by atoms with Gasteiger partial charge in [0.25, 0.3) is 0 Å². The lowest BCUT2D eigenvalue weighted by molar-refractivity contribution is 0.187. The number of benzene rings is 2. The molecule has 0 radical (unpaired) electrons. The Morgan fingerprint density at radius 3 is 2.38 bits per heavy atom. The summed E-state index contributed by atoms with van der Waals surface area (Å²) < 4.78 is 5.34. The molecule has 0 fully saturated rings. The minimum atomic E-state index is -1.53. The molecule has 0 aliphatic carbocycles. The summed E-state index contributed by atoms with van der Waals surface area (Å²) in [6.45, 7) is 0. The van der Waals surface area contributed by atoms with Crippen LogP contribution in [0.25, 0.3) is 11.1 Å². The van der Waals surface area contributed by atoms with Crippen LogP contribution in [0.4, 0.5) is 15.4 Å². The van der Waals surface area contributed by atoms with Crippen LogP contribution in [0.1, 0.15) is 0 Å². The molecule has 6 nitrogen and oxygen atoms in total. The second kappa shape index (κ2) is 7.67. The van der Waals surface area contributed by atoms with Gasteiger partial charge in [-0.25, -0.2) is 14.6 Å². The molecule has 0 aliphatic rings. The molecule has 7 heteroatoms. The normalized spacial score (nSPS) is 10.2. The van der Waals surface area contributed by atoms with Gasteiger partial charge in [-0.2, -0.15) is 4.90 Å². The highest BCUT2D eigenvalue weighted by atomic mass is 35.5. The first-order valence-electron chi connectivity index (χ1n) is 7.57. The molecule has 3 rings (SSSR count). The van der Waals surface area contributed by atoms with E-state index in [0.29, 0.717) is 10.5 Å². The van der Waals surface area contributed by atoms with Gasteiger partial charge in [0.1, 0.15) is 11.6 Å². The number of anilines is 1. The highest BCUT2D eigenvalue weighted by molar-refractivity contribution is 6.31. The lowest BCUT2D eigenvalue weighted by Gasteiger charge is -2.17. The Balaban J connectivity index is 1.93. The fraction of sp³-hybridized carbons (Fsp3) is 0. The zero-order chi connectivity index (χ0) is 18.5. The van der Waals surface area contributed by atoms with Crippen LogP contribution < -0.4 is 9.64 Å². The third-order valence-electron chi connectivity index (χ3n) is 3.48. The zero-order valence-electron chi connectivity index (χ0n) is 13.4. The third kappa shape index (κ3) is 3.81. The van der Waals surface area contributed by atoms with Crippen LogP contribution in [-0.4, -0.2) is 22.3 Å². The Labute approximate surface area is 154 Å². The average molecular weight is 369 g/mol. The number of ether oxygens (including phenoxy) is 1. The number of carbonyl (C=O) groups is 2. The second-order valence-corrected chi connectivity index (χ2v) is 5.62. The first-order valence-corrected chi connectivity index (χ1v) is 7.95. The fourth-order valence-corrected chi connectivity index (χ4v) is 2.49. The summed E-state index contributed by atoms with van der Waals surface area (Å²) in [5, 5.41) is 9.64. The monoisotopic (exact) mass is 368 g/mol. The molecule has 1 heterocycles. The van der Waals surface area contributed by atoms with Crippen molar-refractivity contribution >= 4 is 29.6 Å². The Bertz CT molecular complexity index is 947. The minimum absolute atomic E-state index is 0.146. The summed E-state index contributed by atoms with van der Waals surface area (Å²) in [7, 11) is 0. The predicted molar refractivity (Wildman–Crippen MR) is 97.7 cm³/mol. The van der Waals surface area contributed by atoms with Gasteiger partial charge in [-0.05, 0) is 17.7 Å². The van der Waals surface area contributed by atoms with Gasteiger partial charge in [0.15, 0.2) is 0 Å². The van der Waals surface area contributed by atoms with Crippen LogP contribution >= 0.6 is 11.6 Å². The molecule has 1 aromatic heterocycles. The molecule has 3 aromatic rings. The number of nitrogens with zero attached hydrogens (tertiary/aromatic N) is 2. The van der Waals surface area contributed by atoms with Gasteiger partial charge in [-0.15, -0.1) is 0 Å². The molecular weight excluding hydrogens is 356 g/mol.